The second-order valence-electron chi connectivity index (χ2n) is 4.61. The summed E-state index contributed by atoms with van der Waals surface area (Å²) < 4.78 is 5.71. The highest BCUT2D eigenvalue weighted by Crippen LogP contribution is 2.24. The van der Waals surface area contributed by atoms with Crippen LogP contribution in [0.4, 0.5) is 0 Å². The van der Waals surface area contributed by atoms with E-state index >= 15 is 0 Å². The van der Waals surface area contributed by atoms with E-state index in [4.69, 9.17) is 9.94 Å². The molecule has 0 atom stereocenters. The smallest absolute Gasteiger partial charge is 0.131 e. The summed E-state index contributed by atoms with van der Waals surface area (Å²) in [6.07, 6.45) is 1.37. The topological polar surface area (TPSA) is 54.7 Å². The molecular formula is C17H14N2O2S. The summed E-state index contributed by atoms with van der Waals surface area (Å²) >= 11 is 1.61. The van der Waals surface area contributed by atoms with Gasteiger partial charge in [0, 0.05) is 10.9 Å². The normalized spacial score (nSPS) is 10.9. The predicted molar refractivity (Wildman–Crippen MR) is 87.7 cm³/mol. The lowest BCUT2D eigenvalue weighted by atomic mass is 10.2. The van der Waals surface area contributed by atoms with Gasteiger partial charge in [-0.25, -0.2) is 4.98 Å². The largest absolute Gasteiger partial charge is 0.487 e. The molecule has 4 nitrogen and oxygen atoms in total. The fourth-order valence-corrected chi connectivity index (χ4v) is 2.77. The van der Waals surface area contributed by atoms with Gasteiger partial charge in [-0.1, -0.05) is 35.5 Å². The van der Waals surface area contributed by atoms with E-state index in [-0.39, 0.29) is 0 Å². The summed E-state index contributed by atoms with van der Waals surface area (Å²) in [6.45, 7) is 0.427. The highest BCUT2D eigenvalue weighted by atomic mass is 32.1. The van der Waals surface area contributed by atoms with Gasteiger partial charge in [0.15, 0.2) is 0 Å². The minimum atomic E-state index is 0.427. The number of hydrogen-bond acceptors (Lipinski definition) is 5. The third-order valence-corrected chi connectivity index (χ3v) is 3.99. The molecule has 0 saturated carbocycles. The lowest BCUT2D eigenvalue weighted by Gasteiger charge is -2.04. The lowest BCUT2D eigenvalue weighted by molar-refractivity contribution is 0.302. The van der Waals surface area contributed by atoms with E-state index in [0.29, 0.717) is 6.61 Å². The molecule has 0 fully saturated rings. The Kier molecular flexibility index (Phi) is 4.46. The van der Waals surface area contributed by atoms with E-state index in [9.17, 15) is 0 Å². The first kappa shape index (κ1) is 14.3. The maximum atomic E-state index is 8.47. The van der Waals surface area contributed by atoms with Crippen molar-refractivity contribution in [3.05, 3.63) is 71.2 Å². The molecule has 0 unspecified atom stereocenters. The second-order valence-corrected chi connectivity index (χ2v) is 5.47. The molecule has 2 aromatic carbocycles. The zero-order chi connectivity index (χ0) is 15.2. The van der Waals surface area contributed by atoms with Gasteiger partial charge in [-0.15, -0.1) is 11.3 Å². The molecule has 110 valence electrons. The average molecular weight is 310 g/mol. The number of benzene rings is 2. The van der Waals surface area contributed by atoms with Crippen LogP contribution in [0.1, 0.15) is 11.3 Å². The molecule has 0 aliphatic carbocycles. The van der Waals surface area contributed by atoms with Gasteiger partial charge >= 0.3 is 0 Å². The molecule has 0 saturated heterocycles. The summed E-state index contributed by atoms with van der Waals surface area (Å²) in [5.41, 5.74) is 2.84. The van der Waals surface area contributed by atoms with E-state index in [1.165, 1.54) is 6.21 Å². The molecule has 0 radical (unpaired) electrons. The lowest BCUT2D eigenvalue weighted by Crippen LogP contribution is -1.96. The van der Waals surface area contributed by atoms with Gasteiger partial charge in [0.2, 0.25) is 0 Å². The van der Waals surface area contributed by atoms with Gasteiger partial charge in [0.05, 0.1) is 11.9 Å². The molecule has 0 amide bonds. The van der Waals surface area contributed by atoms with Crippen molar-refractivity contribution < 1.29 is 9.94 Å². The zero-order valence-electron chi connectivity index (χ0n) is 11.7. The van der Waals surface area contributed by atoms with Crippen molar-refractivity contribution in [1.29, 1.82) is 0 Å². The zero-order valence-corrected chi connectivity index (χ0v) is 12.5. The van der Waals surface area contributed by atoms with Crippen LogP contribution >= 0.6 is 11.3 Å². The van der Waals surface area contributed by atoms with Crippen molar-refractivity contribution in [2.45, 2.75) is 6.61 Å². The highest BCUT2D eigenvalue weighted by molar-refractivity contribution is 7.13. The van der Waals surface area contributed by atoms with Crippen LogP contribution in [0, 0.1) is 0 Å². The molecule has 1 heterocycles. The molecule has 5 heteroatoms. The van der Waals surface area contributed by atoms with Crippen molar-refractivity contribution in [3.63, 3.8) is 0 Å². The number of nitrogens with zero attached hydrogens (tertiary/aromatic N) is 2. The van der Waals surface area contributed by atoms with Gasteiger partial charge in [-0.3, -0.25) is 0 Å². The maximum absolute atomic E-state index is 8.47. The molecular weight excluding hydrogens is 296 g/mol. The Labute approximate surface area is 132 Å². The standard InChI is InChI=1S/C17H14N2O2S/c20-18-10-13-6-8-16(9-7-13)21-11-15-12-22-17(19-15)14-4-2-1-3-5-14/h1-10,12,20H,11H2/b18-10+. The Hall–Kier alpha value is -2.66. The molecule has 1 N–H and O–H groups in total. The maximum Gasteiger partial charge on any atom is 0.131 e. The molecule has 0 bridgehead atoms. The van der Waals surface area contributed by atoms with Crippen molar-refractivity contribution in [2.75, 3.05) is 0 Å². The average Bonchev–Trinajstić information content (AvgIpc) is 3.04. The molecule has 0 aliphatic heterocycles. The molecule has 0 spiro atoms. The van der Waals surface area contributed by atoms with Gasteiger partial charge < -0.3 is 9.94 Å². The fraction of sp³-hybridized carbons (Fsp3) is 0.0588. The quantitative estimate of drug-likeness (QED) is 0.436. The fourth-order valence-electron chi connectivity index (χ4n) is 1.96. The third-order valence-electron chi connectivity index (χ3n) is 3.05. The summed E-state index contributed by atoms with van der Waals surface area (Å²) in [7, 11) is 0. The number of rotatable bonds is 5. The van der Waals surface area contributed by atoms with Crippen LogP contribution in [0.5, 0.6) is 5.75 Å². The van der Waals surface area contributed by atoms with E-state index in [1.54, 1.807) is 11.3 Å². The van der Waals surface area contributed by atoms with Gasteiger partial charge in [-0.05, 0) is 29.8 Å². The van der Waals surface area contributed by atoms with Crippen LogP contribution in [0.3, 0.4) is 0 Å². The van der Waals surface area contributed by atoms with Crippen molar-refractivity contribution >= 4 is 17.6 Å². The van der Waals surface area contributed by atoms with Crippen LogP contribution in [0.2, 0.25) is 0 Å². The van der Waals surface area contributed by atoms with E-state index in [0.717, 1.165) is 27.6 Å². The van der Waals surface area contributed by atoms with Crippen molar-refractivity contribution in [2.24, 2.45) is 5.16 Å². The Balaban J connectivity index is 1.63. The molecule has 22 heavy (non-hydrogen) atoms. The number of thiazole rings is 1. The first-order valence-electron chi connectivity index (χ1n) is 6.75. The first-order valence-corrected chi connectivity index (χ1v) is 7.63. The molecule has 3 aromatic rings. The van der Waals surface area contributed by atoms with E-state index < -0.39 is 0 Å². The summed E-state index contributed by atoms with van der Waals surface area (Å²) in [6, 6.07) is 17.4. The Morgan fingerprint density at radius 3 is 2.59 bits per heavy atom. The monoisotopic (exact) mass is 310 g/mol. The SMILES string of the molecule is O/N=C/c1ccc(OCc2csc(-c3ccccc3)n2)cc1. The Morgan fingerprint density at radius 1 is 1.09 bits per heavy atom. The Morgan fingerprint density at radius 2 is 1.86 bits per heavy atom. The van der Waals surface area contributed by atoms with Crippen LogP contribution in [-0.4, -0.2) is 16.4 Å². The van der Waals surface area contributed by atoms with E-state index in [2.05, 4.69) is 10.1 Å². The number of oxime groups is 1. The molecule has 3 rings (SSSR count). The molecule has 1 aromatic heterocycles. The summed E-state index contributed by atoms with van der Waals surface area (Å²) in [5, 5.41) is 14.5. The minimum Gasteiger partial charge on any atom is -0.487 e. The minimum absolute atomic E-state index is 0.427. The number of ether oxygens (including phenoxy) is 1. The first-order chi connectivity index (χ1) is 10.8. The number of hydrogen-bond donors (Lipinski definition) is 1. The van der Waals surface area contributed by atoms with Crippen molar-refractivity contribution in [3.8, 4) is 16.3 Å². The van der Waals surface area contributed by atoms with Crippen LogP contribution in [-0.2, 0) is 6.61 Å². The summed E-state index contributed by atoms with van der Waals surface area (Å²) in [4.78, 5) is 4.58. The van der Waals surface area contributed by atoms with E-state index in [1.807, 2.05) is 60.0 Å². The van der Waals surface area contributed by atoms with Gasteiger partial charge in [0.25, 0.3) is 0 Å². The molecule has 0 aliphatic rings. The second kappa shape index (κ2) is 6.87. The van der Waals surface area contributed by atoms with Crippen LogP contribution in [0.15, 0.2) is 65.1 Å². The highest BCUT2D eigenvalue weighted by Gasteiger charge is 2.05. The predicted octanol–water partition coefficient (Wildman–Crippen LogP) is 4.20. The third kappa shape index (κ3) is 3.51. The number of aromatic nitrogens is 1. The van der Waals surface area contributed by atoms with Crippen LogP contribution in [0.25, 0.3) is 10.6 Å². The van der Waals surface area contributed by atoms with Gasteiger partial charge in [0.1, 0.15) is 17.4 Å². The van der Waals surface area contributed by atoms with Crippen LogP contribution < -0.4 is 4.74 Å². The Bertz CT molecular complexity index is 752. The van der Waals surface area contributed by atoms with Gasteiger partial charge in [-0.2, -0.15) is 0 Å². The summed E-state index contributed by atoms with van der Waals surface area (Å²) in [5.74, 6) is 0.754. The van der Waals surface area contributed by atoms with Crippen molar-refractivity contribution in [1.82, 2.24) is 4.98 Å².